The van der Waals surface area contributed by atoms with E-state index in [1.165, 1.54) is 6.20 Å². The third kappa shape index (κ3) is 3.41. The van der Waals surface area contributed by atoms with Crippen LogP contribution in [-0.2, 0) is 4.79 Å². The lowest BCUT2D eigenvalue weighted by Crippen LogP contribution is -2.26. The molecule has 1 heterocycles. The van der Waals surface area contributed by atoms with Crippen molar-refractivity contribution >= 4 is 11.6 Å². The molecule has 0 radical (unpaired) electrons. The number of carbonyl (C=O) groups is 1. The molecule has 3 N–H and O–H groups in total. The van der Waals surface area contributed by atoms with Crippen molar-refractivity contribution in [3.63, 3.8) is 0 Å². The molecular weight excluding hydrogens is 198 g/mol. The minimum Gasteiger partial charge on any atom is -0.320 e. The zero-order chi connectivity index (χ0) is 11.4. The Balaban J connectivity index is 2.77. The Hall–Kier alpha value is -1.85. The summed E-state index contributed by atoms with van der Waals surface area (Å²) in [5.41, 5.74) is -1.14. The SMILES string of the molecule is CC(C)CC(=O)Nc1c[nH]c(=O)[nH]c1=O. The molecular formula is C9H13N3O3. The van der Waals surface area contributed by atoms with Crippen molar-refractivity contribution in [1.82, 2.24) is 9.97 Å². The summed E-state index contributed by atoms with van der Waals surface area (Å²) in [5, 5.41) is 2.42. The van der Waals surface area contributed by atoms with Crippen LogP contribution in [0, 0.1) is 5.92 Å². The third-order valence-corrected chi connectivity index (χ3v) is 1.69. The zero-order valence-corrected chi connectivity index (χ0v) is 8.59. The van der Waals surface area contributed by atoms with Crippen LogP contribution in [-0.4, -0.2) is 15.9 Å². The van der Waals surface area contributed by atoms with E-state index in [2.05, 4.69) is 10.3 Å². The smallest absolute Gasteiger partial charge is 0.320 e. The Morgan fingerprint density at radius 2 is 2.13 bits per heavy atom. The maximum Gasteiger partial charge on any atom is 0.325 e. The molecule has 0 spiro atoms. The van der Waals surface area contributed by atoms with Gasteiger partial charge in [0.15, 0.2) is 0 Å². The largest absolute Gasteiger partial charge is 0.325 e. The van der Waals surface area contributed by atoms with Gasteiger partial charge in [0.2, 0.25) is 5.91 Å². The summed E-state index contributed by atoms with van der Waals surface area (Å²) in [6.07, 6.45) is 1.51. The van der Waals surface area contributed by atoms with Gasteiger partial charge in [0.1, 0.15) is 5.69 Å². The molecule has 6 heteroatoms. The van der Waals surface area contributed by atoms with Gasteiger partial charge < -0.3 is 10.3 Å². The van der Waals surface area contributed by atoms with Crippen LogP contribution in [0.1, 0.15) is 20.3 Å². The van der Waals surface area contributed by atoms with Crippen LogP contribution in [0.2, 0.25) is 0 Å². The number of aromatic nitrogens is 2. The molecule has 1 rings (SSSR count). The molecule has 82 valence electrons. The number of hydrogen-bond acceptors (Lipinski definition) is 3. The molecule has 1 aromatic rings. The summed E-state index contributed by atoms with van der Waals surface area (Å²) in [7, 11) is 0. The third-order valence-electron chi connectivity index (χ3n) is 1.69. The number of H-pyrrole nitrogens is 2. The Morgan fingerprint density at radius 3 is 2.67 bits per heavy atom. The minimum absolute atomic E-state index is 0.0558. The van der Waals surface area contributed by atoms with Crippen LogP contribution < -0.4 is 16.6 Å². The monoisotopic (exact) mass is 211 g/mol. The maximum absolute atomic E-state index is 11.3. The molecule has 0 unspecified atom stereocenters. The topological polar surface area (TPSA) is 94.8 Å². The molecule has 0 aliphatic heterocycles. The van der Waals surface area contributed by atoms with E-state index in [0.29, 0.717) is 6.42 Å². The summed E-state index contributed by atoms with van der Waals surface area (Å²) >= 11 is 0. The van der Waals surface area contributed by atoms with E-state index < -0.39 is 11.2 Å². The average molecular weight is 211 g/mol. The summed E-state index contributed by atoms with van der Waals surface area (Å²) in [4.78, 5) is 37.4. The normalized spacial score (nSPS) is 10.3. The van der Waals surface area contributed by atoms with Crippen molar-refractivity contribution in [2.45, 2.75) is 20.3 Å². The molecule has 0 aliphatic carbocycles. The van der Waals surface area contributed by atoms with Crippen molar-refractivity contribution in [3.8, 4) is 0 Å². The van der Waals surface area contributed by atoms with Crippen molar-refractivity contribution in [1.29, 1.82) is 0 Å². The van der Waals surface area contributed by atoms with E-state index >= 15 is 0 Å². The van der Waals surface area contributed by atoms with Gasteiger partial charge in [-0.1, -0.05) is 13.8 Å². The van der Waals surface area contributed by atoms with E-state index in [0.717, 1.165) is 0 Å². The van der Waals surface area contributed by atoms with Crippen LogP contribution in [0.3, 0.4) is 0 Å². The van der Waals surface area contributed by atoms with Crippen molar-refractivity contribution in [2.75, 3.05) is 5.32 Å². The number of rotatable bonds is 3. The van der Waals surface area contributed by atoms with Gasteiger partial charge in [-0.25, -0.2) is 4.79 Å². The fourth-order valence-electron chi connectivity index (χ4n) is 1.07. The highest BCUT2D eigenvalue weighted by Crippen LogP contribution is 2.01. The Labute approximate surface area is 85.7 Å². The van der Waals surface area contributed by atoms with Crippen LogP contribution in [0.4, 0.5) is 5.69 Å². The van der Waals surface area contributed by atoms with E-state index in [-0.39, 0.29) is 17.5 Å². The lowest BCUT2D eigenvalue weighted by atomic mass is 10.1. The van der Waals surface area contributed by atoms with Crippen molar-refractivity contribution < 1.29 is 4.79 Å². The Kier molecular flexibility index (Phi) is 3.43. The van der Waals surface area contributed by atoms with Gasteiger partial charge in [0, 0.05) is 12.6 Å². The number of anilines is 1. The van der Waals surface area contributed by atoms with Crippen LogP contribution >= 0.6 is 0 Å². The van der Waals surface area contributed by atoms with Crippen LogP contribution in [0.5, 0.6) is 0 Å². The average Bonchev–Trinajstić information content (AvgIpc) is 2.08. The highest BCUT2D eigenvalue weighted by Gasteiger charge is 2.07. The lowest BCUT2D eigenvalue weighted by Gasteiger charge is -2.05. The standard InChI is InChI=1S/C9H13N3O3/c1-5(2)3-7(13)11-6-4-10-9(15)12-8(6)14/h4-5H,3H2,1-2H3,(H,11,13)(H2,10,12,14,15). The minimum atomic E-state index is -0.601. The fourth-order valence-corrected chi connectivity index (χ4v) is 1.07. The summed E-state index contributed by atoms with van der Waals surface area (Å²) in [5.74, 6) is -0.0330. The number of aromatic amines is 2. The molecule has 0 saturated carbocycles. The number of hydrogen-bond donors (Lipinski definition) is 3. The summed E-state index contributed by atoms with van der Waals surface area (Å²) < 4.78 is 0. The molecule has 1 amide bonds. The maximum atomic E-state index is 11.3. The second-order valence-electron chi connectivity index (χ2n) is 3.63. The quantitative estimate of drug-likeness (QED) is 0.659. The number of amides is 1. The molecule has 0 atom stereocenters. The van der Waals surface area contributed by atoms with E-state index in [9.17, 15) is 14.4 Å². The predicted octanol–water partition coefficient (Wildman–Crippen LogP) is 0.0478. The van der Waals surface area contributed by atoms with Gasteiger partial charge >= 0.3 is 5.69 Å². The van der Waals surface area contributed by atoms with Crippen LogP contribution in [0.15, 0.2) is 15.8 Å². The molecule has 0 aromatic carbocycles. The molecule has 6 nitrogen and oxygen atoms in total. The van der Waals surface area contributed by atoms with Gasteiger partial charge in [0.25, 0.3) is 5.56 Å². The first kappa shape index (κ1) is 11.2. The highest BCUT2D eigenvalue weighted by atomic mass is 16.2. The molecule has 0 fully saturated rings. The summed E-state index contributed by atoms with van der Waals surface area (Å²) in [6, 6.07) is 0. The van der Waals surface area contributed by atoms with Crippen molar-refractivity contribution in [2.24, 2.45) is 5.92 Å². The second kappa shape index (κ2) is 4.59. The molecule has 0 bridgehead atoms. The summed E-state index contributed by atoms with van der Waals surface area (Å²) in [6.45, 7) is 3.80. The van der Waals surface area contributed by atoms with Gasteiger partial charge in [-0.15, -0.1) is 0 Å². The van der Waals surface area contributed by atoms with Crippen molar-refractivity contribution in [3.05, 3.63) is 27.0 Å². The van der Waals surface area contributed by atoms with Gasteiger partial charge in [-0.2, -0.15) is 0 Å². The van der Waals surface area contributed by atoms with E-state index in [1.54, 1.807) is 0 Å². The van der Waals surface area contributed by atoms with Gasteiger partial charge in [0.05, 0.1) is 0 Å². The molecule has 0 aliphatic rings. The molecule has 0 saturated heterocycles. The van der Waals surface area contributed by atoms with Crippen LogP contribution in [0.25, 0.3) is 0 Å². The molecule has 1 aromatic heterocycles. The van der Waals surface area contributed by atoms with Gasteiger partial charge in [-0.3, -0.25) is 14.6 Å². The second-order valence-corrected chi connectivity index (χ2v) is 3.63. The lowest BCUT2D eigenvalue weighted by molar-refractivity contribution is -0.116. The first-order valence-corrected chi connectivity index (χ1v) is 4.61. The van der Waals surface area contributed by atoms with E-state index in [1.807, 2.05) is 18.8 Å². The van der Waals surface area contributed by atoms with Gasteiger partial charge in [-0.05, 0) is 5.92 Å². The highest BCUT2D eigenvalue weighted by molar-refractivity contribution is 5.90. The Morgan fingerprint density at radius 1 is 1.47 bits per heavy atom. The molecule has 15 heavy (non-hydrogen) atoms. The number of carbonyl (C=O) groups excluding carboxylic acids is 1. The van der Waals surface area contributed by atoms with E-state index in [4.69, 9.17) is 0 Å². The number of nitrogens with one attached hydrogen (secondary N) is 3. The zero-order valence-electron chi connectivity index (χ0n) is 8.59. The fraction of sp³-hybridized carbons (Fsp3) is 0.444. The predicted molar refractivity (Wildman–Crippen MR) is 55.8 cm³/mol. The Bertz CT molecular complexity index is 458. The first-order valence-electron chi connectivity index (χ1n) is 4.61. The first-order chi connectivity index (χ1) is 6.99.